The predicted octanol–water partition coefficient (Wildman–Crippen LogP) is 3.84. The summed E-state index contributed by atoms with van der Waals surface area (Å²) in [5, 5.41) is 37.9. The van der Waals surface area contributed by atoms with E-state index in [1.165, 1.54) is 7.11 Å². The lowest BCUT2D eigenvalue weighted by Crippen LogP contribution is -2.45. The largest absolute Gasteiger partial charge is 0.467 e. The highest BCUT2D eigenvalue weighted by Gasteiger charge is 2.49. The lowest BCUT2D eigenvalue weighted by Gasteiger charge is -2.33. The summed E-state index contributed by atoms with van der Waals surface area (Å²) in [6.45, 7) is 3.60. The first-order chi connectivity index (χ1) is 23.1. The number of esters is 2. The molecule has 2 saturated heterocycles. The minimum Gasteiger partial charge on any atom is -0.467 e. The number of rotatable bonds is 7. The molecule has 4 fully saturated rings. The molecule has 4 N–H and O–H groups in total. The molecule has 0 aromatic heterocycles. The fourth-order valence-electron chi connectivity index (χ4n) is 7.41. The first-order valence-electron chi connectivity index (χ1n) is 17.4. The number of likely N-dealkylation sites (N-methyl/N-ethyl adjacent to an activating group) is 2. The number of carbonyl (C=O) groups excluding carboxylic acids is 2. The number of methoxy groups -OCH3 is 1. The van der Waals surface area contributed by atoms with Crippen molar-refractivity contribution in [1.82, 2.24) is 9.80 Å². The van der Waals surface area contributed by atoms with E-state index in [9.17, 15) is 19.8 Å². The minimum absolute atomic E-state index is 0.0302. The van der Waals surface area contributed by atoms with Crippen LogP contribution in [0.1, 0.15) is 75.3 Å². The van der Waals surface area contributed by atoms with Crippen LogP contribution in [-0.4, -0.2) is 109 Å². The Morgan fingerprint density at radius 2 is 1.08 bits per heavy atom. The molecule has 48 heavy (non-hydrogen) atoms. The average Bonchev–Trinajstić information content (AvgIpc) is 3.96. The maximum Gasteiger partial charge on any atom is 0.343 e. The molecule has 4 atom stereocenters. The zero-order valence-corrected chi connectivity index (χ0v) is 29.3. The van der Waals surface area contributed by atoms with Gasteiger partial charge in [-0.15, -0.1) is 0 Å². The Hall–Kier alpha value is -2.86. The van der Waals surface area contributed by atoms with Crippen molar-refractivity contribution in [3.63, 3.8) is 0 Å². The molecule has 10 heteroatoms. The summed E-state index contributed by atoms with van der Waals surface area (Å²) in [4.78, 5) is 29.1. The summed E-state index contributed by atoms with van der Waals surface area (Å²) in [5.41, 5.74) is -1.68. The van der Waals surface area contributed by atoms with Crippen LogP contribution < -0.4 is 0 Å². The van der Waals surface area contributed by atoms with Crippen LogP contribution in [0.4, 0.5) is 0 Å². The van der Waals surface area contributed by atoms with Gasteiger partial charge in [0, 0.05) is 45.1 Å². The van der Waals surface area contributed by atoms with E-state index >= 15 is 0 Å². The lowest BCUT2D eigenvalue weighted by molar-refractivity contribution is -0.178. The second-order valence-corrected chi connectivity index (χ2v) is 13.5. The summed E-state index contributed by atoms with van der Waals surface area (Å²) in [6, 6.07) is 18.4. The normalized spacial score (nSPS) is 24.1. The highest BCUT2D eigenvalue weighted by Crippen LogP contribution is 2.42. The van der Waals surface area contributed by atoms with Crippen molar-refractivity contribution in [3.8, 4) is 0 Å². The molecule has 0 spiro atoms. The number of aliphatic hydroxyl groups is 4. The van der Waals surface area contributed by atoms with Gasteiger partial charge in [-0.2, -0.15) is 0 Å². The van der Waals surface area contributed by atoms with Crippen molar-refractivity contribution in [3.05, 3.63) is 71.8 Å². The molecule has 2 heterocycles. The number of likely N-dealkylation sites (tertiary alicyclic amines) is 2. The van der Waals surface area contributed by atoms with Crippen LogP contribution in [-0.2, 0) is 30.3 Å². The Labute approximate surface area is 286 Å². The number of hydrogen-bond donors (Lipinski definition) is 4. The van der Waals surface area contributed by atoms with Crippen molar-refractivity contribution in [2.24, 2.45) is 11.8 Å². The van der Waals surface area contributed by atoms with Crippen LogP contribution in [0.3, 0.4) is 0 Å². The number of aliphatic hydroxyl groups excluding tert-OH is 2. The number of β-amino-alcohol motifs (C(OH)–C–C–N with tert-alkyl or cyclic N) is 1. The van der Waals surface area contributed by atoms with E-state index in [0.717, 1.165) is 97.5 Å². The Morgan fingerprint density at radius 3 is 1.42 bits per heavy atom. The third-order valence-corrected chi connectivity index (χ3v) is 10.1. The molecule has 2 aliphatic heterocycles. The van der Waals surface area contributed by atoms with Crippen molar-refractivity contribution in [2.45, 2.75) is 87.6 Å². The maximum atomic E-state index is 12.8. The van der Waals surface area contributed by atoms with Crippen LogP contribution in [0.5, 0.6) is 0 Å². The van der Waals surface area contributed by atoms with Gasteiger partial charge in [0.1, 0.15) is 6.10 Å². The number of nitrogens with zero attached hydrogens (tertiary/aromatic N) is 2. The average molecular weight is 671 g/mol. The SMILES string of the molecule is CN1CCC(O)C1.CN1CCC(OC(=O)C(O)(c2ccccc2)C2CCCC2)C1.CO.COC(=O)C(O)(c1ccccc1)C1CCCC1. The number of hydrogen-bond acceptors (Lipinski definition) is 10. The molecule has 2 aromatic rings. The Kier molecular flexibility index (Phi) is 16.0. The summed E-state index contributed by atoms with van der Waals surface area (Å²) in [6.07, 6.45) is 9.43. The molecule has 4 unspecified atom stereocenters. The summed E-state index contributed by atoms with van der Waals surface area (Å²) in [7, 11) is 6.37. The van der Waals surface area contributed by atoms with Gasteiger partial charge in [0.05, 0.1) is 13.2 Å². The number of benzene rings is 2. The second kappa shape index (κ2) is 19.4. The summed E-state index contributed by atoms with van der Waals surface area (Å²) < 4.78 is 10.5. The van der Waals surface area contributed by atoms with Crippen molar-refractivity contribution >= 4 is 11.9 Å². The molecule has 6 rings (SSSR count). The van der Waals surface area contributed by atoms with Crippen LogP contribution in [0.15, 0.2) is 60.7 Å². The molecule has 2 aliphatic carbocycles. The quantitative estimate of drug-likeness (QED) is 0.322. The lowest BCUT2D eigenvalue weighted by atomic mass is 9.80. The van der Waals surface area contributed by atoms with E-state index in [4.69, 9.17) is 19.7 Å². The van der Waals surface area contributed by atoms with Crippen molar-refractivity contribution < 1.29 is 39.5 Å². The molecular weight excluding hydrogens is 612 g/mol. The highest BCUT2D eigenvalue weighted by atomic mass is 16.6. The smallest absolute Gasteiger partial charge is 0.343 e. The molecule has 2 saturated carbocycles. The molecule has 268 valence electrons. The topological polar surface area (TPSA) is 140 Å². The van der Waals surface area contributed by atoms with E-state index in [2.05, 4.69) is 9.80 Å². The molecule has 4 aliphatic rings. The maximum absolute atomic E-state index is 12.8. The van der Waals surface area contributed by atoms with Crippen molar-refractivity contribution in [2.75, 3.05) is 54.5 Å². The molecule has 0 amide bonds. The van der Waals surface area contributed by atoms with Gasteiger partial charge in [-0.05, 0) is 63.7 Å². The van der Waals surface area contributed by atoms with E-state index in [-0.39, 0.29) is 24.0 Å². The highest BCUT2D eigenvalue weighted by molar-refractivity contribution is 5.82. The molecule has 10 nitrogen and oxygen atoms in total. The molecule has 0 bridgehead atoms. The minimum atomic E-state index is -1.50. The van der Waals surface area contributed by atoms with Gasteiger partial charge < -0.3 is 39.7 Å². The first kappa shape index (κ1) is 39.6. The summed E-state index contributed by atoms with van der Waals surface area (Å²) >= 11 is 0. The van der Waals surface area contributed by atoms with Crippen LogP contribution in [0.25, 0.3) is 0 Å². The van der Waals surface area contributed by atoms with E-state index in [1.807, 2.05) is 62.6 Å². The van der Waals surface area contributed by atoms with Gasteiger partial charge in [-0.1, -0.05) is 86.3 Å². The van der Waals surface area contributed by atoms with E-state index in [1.54, 1.807) is 12.1 Å². The van der Waals surface area contributed by atoms with Gasteiger partial charge in [-0.25, -0.2) is 9.59 Å². The zero-order valence-electron chi connectivity index (χ0n) is 29.3. The fraction of sp³-hybridized carbons (Fsp3) is 0.632. The standard InChI is InChI=1S/C18H25NO3.C14H18O3.C5H11NO.CH4O/c1-19-12-11-16(13-19)22-17(20)18(21,15-9-5-6-10-15)14-7-3-2-4-8-14;1-17-13(15)14(16,12-9-5-6-10-12)11-7-3-2-4-8-11;1-6-3-2-5(7)4-6;1-2/h2-4,7-8,15-16,21H,5-6,9-13H2,1H3;2-4,7-8,12,16H,5-6,9-10H2,1H3;5,7H,2-4H2,1H3;2H,1H3. The van der Waals surface area contributed by atoms with Crippen molar-refractivity contribution in [1.29, 1.82) is 0 Å². The second-order valence-electron chi connectivity index (χ2n) is 13.5. The van der Waals surface area contributed by atoms with Crippen LogP contribution in [0.2, 0.25) is 0 Å². The Balaban J connectivity index is 0.000000212. The number of ether oxygens (including phenoxy) is 2. The van der Waals surface area contributed by atoms with E-state index < -0.39 is 23.1 Å². The fourth-order valence-corrected chi connectivity index (χ4v) is 7.41. The zero-order chi connectivity index (χ0) is 35.2. The van der Waals surface area contributed by atoms with Gasteiger partial charge in [0.2, 0.25) is 0 Å². The molecule has 2 aromatic carbocycles. The molecule has 0 radical (unpaired) electrons. The molecular formula is C38H58N2O8. The number of carbonyl (C=O) groups is 2. The van der Waals surface area contributed by atoms with Gasteiger partial charge in [-0.3, -0.25) is 0 Å². The summed E-state index contributed by atoms with van der Waals surface area (Å²) in [5.74, 6) is -1.08. The monoisotopic (exact) mass is 670 g/mol. The third-order valence-electron chi connectivity index (χ3n) is 10.1. The van der Waals surface area contributed by atoms with Crippen LogP contribution >= 0.6 is 0 Å². The van der Waals surface area contributed by atoms with Gasteiger partial charge in [0.15, 0.2) is 11.2 Å². The van der Waals surface area contributed by atoms with Gasteiger partial charge in [0.25, 0.3) is 0 Å². The Bertz CT molecular complexity index is 1210. The van der Waals surface area contributed by atoms with Gasteiger partial charge >= 0.3 is 11.9 Å². The predicted molar refractivity (Wildman–Crippen MR) is 185 cm³/mol. The Morgan fingerprint density at radius 1 is 0.667 bits per heavy atom. The third kappa shape index (κ3) is 10.1. The van der Waals surface area contributed by atoms with E-state index in [0.29, 0.717) is 11.1 Å². The van der Waals surface area contributed by atoms with Crippen LogP contribution in [0, 0.1) is 11.8 Å². The first-order valence-corrected chi connectivity index (χ1v) is 17.4.